The third-order valence-electron chi connectivity index (χ3n) is 4.24. The first kappa shape index (κ1) is 15.5. The fraction of sp³-hybridized carbons (Fsp3) is 0.588. The first-order valence-corrected chi connectivity index (χ1v) is 8.03. The van der Waals surface area contributed by atoms with Crippen LogP contribution in [-0.2, 0) is 25.7 Å². The van der Waals surface area contributed by atoms with Gasteiger partial charge in [0.2, 0.25) is 0 Å². The Morgan fingerprint density at radius 2 is 2.18 bits per heavy atom. The molecule has 0 bridgehead atoms. The van der Waals surface area contributed by atoms with E-state index in [1.165, 1.54) is 5.56 Å². The van der Waals surface area contributed by atoms with Crippen LogP contribution in [0.4, 0.5) is 0 Å². The first-order valence-electron chi connectivity index (χ1n) is 8.03. The number of carbonyl (C=O) groups is 1. The molecular weight excluding hydrogens is 282 g/mol. The maximum atomic E-state index is 11.9. The highest BCUT2D eigenvalue weighted by Crippen LogP contribution is 2.32. The molecule has 3 rings (SSSR count). The molecule has 2 aliphatic rings. The number of benzene rings is 1. The zero-order valence-corrected chi connectivity index (χ0v) is 12.9. The fourth-order valence-corrected chi connectivity index (χ4v) is 3.16. The maximum absolute atomic E-state index is 11.9. The summed E-state index contributed by atoms with van der Waals surface area (Å²) in [7, 11) is 0. The number of rotatable bonds is 5. The summed E-state index contributed by atoms with van der Waals surface area (Å²) in [4.78, 5) is 17.6. The lowest BCUT2D eigenvalue weighted by Crippen LogP contribution is -2.44. The molecule has 0 saturated carbocycles. The summed E-state index contributed by atoms with van der Waals surface area (Å²) in [6.07, 6.45) is 2.30. The molecule has 0 aromatic heterocycles. The van der Waals surface area contributed by atoms with Crippen molar-refractivity contribution in [2.45, 2.75) is 51.0 Å². The topological polar surface area (TPSA) is 48.0 Å². The van der Waals surface area contributed by atoms with Crippen molar-refractivity contribution in [2.75, 3.05) is 13.2 Å². The molecule has 3 atom stereocenters. The summed E-state index contributed by atoms with van der Waals surface area (Å²) in [6.45, 7) is 3.65. The zero-order chi connectivity index (χ0) is 15.4. The normalized spacial score (nSPS) is 28.3. The molecule has 0 amide bonds. The van der Waals surface area contributed by atoms with Crippen LogP contribution >= 0.6 is 0 Å². The Balaban J connectivity index is 1.58. The number of hydroxylamine groups is 2. The van der Waals surface area contributed by atoms with Crippen molar-refractivity contribution in [1.82, 2.24) is 5.06 Å². The van der Waals surface area contributed by atoms with Crippen LogP contribution in [-0.4, -0.2) is 42.4 Å². The van der Waals surface area contributed by atoms with Gasteiger partial charge in [0.05, 0.1) is 25.4 Å². The minimum atomic E-state index is -0.481. The fourth-order valence-electron chi connectivity index (χ4n) is 3.16. The van der Waals surface area contributed by atoms with Gasteiger partial charge in [-0.2, -0.15) is 5.06 Å². The number of ether oxygens (including phenoxy) is 2. The second-order valence-electron chi connectivity index (χ2n) is 5.77. The lowest BCUT2D eigenvalue weighted by molar-refractivity contribution is -0.207. The van der Waals surface area contributed by atoms with Crippen molar-refractivity contribution in [2.24, 2.45) is 0 Å². The third kappa shape index (κ3) is 3.48. The molecule has 1 aromatic rings. The van der Waals surface area contributed by atoms with Gasteiger partial charge >= 0.3 is 5.97 Å². The molecule has 5 nitrogen and oxygen atoms in total. The van der Waals surface area contributed by atoms with E-state index in [1.54, 1.807) is 0 Å². The van der Waals surface area contributed by atoms with Crippen molar-refractivity contribution in [3.8, 4) is 0 Å². The van der Waals surface area contributed by atoms with Crippen molar-refractivity contribution >= 4 is 5.97 Å². The SMILES string of the molecule is CCOC(=O)[C@H]1C[C@@H]2[C@@H](OCc3ccccc3)CCCN2O1. The first-order chi connectivity index (χ1) is 10.8. The van der Waals surface area contributed by atoms with Gasteiger partial charge in [-0.25, -0.2) is 4.79 Å². The Bertz CT molecular complexity index is 493. The number of hydrogen-bond acceptors (Lipinski definition) is 5. The molecule has 2 aliphatic heterocycles. The lowest BCUT2D eigenvalue weighted by Gasteiger charge is -2.34. The van der Waals surface area contributed by atoms with E-state index in [-0.39, 0.29) is 18.1 Å². The number of hydrogen-bond donors (Lipinski definition) is 0. The van der Waals surface area contributed by atoms with Crippen molar-refractivity contribution in [3.05, 3.63) is 35.9 Å². The number of fused-ring (bicyclic) bond motifs is 1. The van der Waals surface area contributed by atoms with E-state index in [2.05, 4.69) is 12.1 Å². The molecule has 0 spiro atoms. The van der Waals surface area contributed by atoms with E-state index >= 15 is 0 Å². The standard InChI is InChI=1S/C17H23NO4/c1-2-20-17(19)16-11-14-15(9-6-10-18(14)22-16)21-12-13-7-4-3-5-8-13/h3-5,7-8,14-16H,2,6,9-12H2,1H3/t14-,15+,16-/m1/s1. The Hall–Kier alpha value is -1.43. The van der Waals surface area contributed by atoms with Gasteiger partial charge in [-0.1, -0.05) is 30.3 Å². The Morgan fingerprint density at radius 1 is 1.36 bits per heavy atom. The van der Waals surface area contributed by atoms with Crippen LogP contribution in [0, 0.1) is 0 Å². The molecule has 2 heterocycles. The summed E-state index contributed by atoms with van der Waals surface area (Å²) in [6, 6.07) is 10.3. The van der Waals surface area contributed by atoms with Gasteiger partial charge < -0.3 is 9.47 Å². The van der Waals surface area contributed by atoms with E-state index in [4.69, 9.17) is 14.3 Å². The molecule has 22 heavy (non-hydrogen) atoms. The van der Waals surface area contributed by atoms with Gasteiger partial charge in [0.25, 0.3) is 0 Å². The third-order valence-corrected chi connectivity index (χ3v) is 4.24. The highest BCUT2D eigenvalue weighted by molar-refractivity contribution is 5.75. The van der Waals surface area contributed by atoms with E-state index < -0.39 is 6.10 Å². The summed E-state index contributed by atoms with van der Waals surface area (Å²) >= 11 is 0. The Labute approximate surface area is 131 Å². The number of nitrogens with zero attached hydrogens (tertiary/aromatic N) is 1. The highest BCUT2D eigenvalue weighted by atomic mass is 16.7. The molecular formula is C17H23NO4. The summed E-state index contributed by atoms with van der Waals surface area (Å²) in [5.41, 5.74) is 1.17. The van der Waals surface area contributed by atoms with E-state index in [0.717, 1.165) is 19.4 Å². The summed E-state index contributed by atoms with van der Waals surface area (Å²) in [5, 5.41) is 1.92. The van der Waals surface area contributed by atoms with Gasteiger partial charge in [0.15, 0.2) is 6.10 Å². The van der Waals surface area contributed by atoms with E-state index in [9.17, 15) is 4.79 Å². The predicted octanol–water partition coefficient (Wildman–Crippen LogP) is 2.30. The van der Waals surface area contributed by atoms with Gasteiger partial charge in [-0.05, 0) is 25.3 Å². The molecule has 120 valence electrons. The van der Waals surface area contributed by atoms with Gasteiger partial charge in [-0.15, -0.1) is 0 Å². The van der Waals surface area contributed by atoms with Crippen LogP contribution < -0.4 is 0 Å². The van der Waals surface area contributed by atoms with Gasteiger partial charge in [0.1, 0.15) is 0 Å². The molecule has 2 saturated heterocycles. The monoisotopic (exact) mass is 305 g/mol. The van der Waals surface area contributed by atoms with E-state index in [0.29, 0.717) is 19.6 Å². The van der Waals surface area contributed by atoms with E-state index in [1.807, 2.05) is 30.2 Å². The van der Waals surface area contributed by atoms with Crippen LogP contribution in [0.3, 0.4) is 0 Å². The molecule has 0 radical (unpaired) electrons. The summed E-state index contributed by atoms with van der Waals surface area (Å²) < 4.78 is 11.2. The van der Waals surface area contributed by atoms with Crippen LogP contribution in [0.25, 0.3) is 0 Å². The molecule has 1 aromatic carbocycles. The Kier molecular flexibility index (Phi) is 5.08. The van der Waals surface area contributed by atoms with Crippen LogP contribution in [0.2, 0.25) is 0 Å². The zero-order valence-electron chi connectivity index (χ0n) is 12.9. The molecule has 0 N–H and O–H groups in total. The van der Waals surface area contributed by atoms with Crippen molar-refractivity contribution < 1.29 is 19.1 Å². The second kappa shape index (κ2) is 7.22. The number of piperidine rings is 1. The number of esters is 1. The lowest BCUT2D eigenvalue weighted by atomic mass is 9.97. The largest absolute Gasteiger partial charge is 0.464 e. The smallest absolute Gasteiger partial charge is 0.337 e. The highest BCUT2D eigenvalue weighted by Gasteiger charge is 2.44. The minimum Gasteiger partial charge on any atom is -0.464 e. The van der Waals surface area contributed by atoms with Gasteiger partial charge in [0, 0.05) is 13.0 Å². The average molecular weight is 305 g/mol. The molecule has 5 heteroatoms. The van der Waals surface area contributed by atoms with Crippen molar-refractivity contribution in [3.63, 3.8) is 0 Å². The molecule has 0 unspecified atom stereocenters. The minimum absolute atomic E-state index is 0.105. The van der Waals surface area contributed by atoms with Gasteiger partial charge in [-0.3, -0.25) is 4.84 Å². The second-order valence-corrected chi connectivity index (χ2v) is 5.77. The summed E-state index contributed by atoms with van der Waals surface area (Å²) in [5.74, 6) is -0.265. The molecule has 2 fully saturated rings. The Morgan fingerprint density at radius 3 is 2.95 bits per heavy atom. The molecule has 0 aliphatic carbocycles. The number of carbonyl (C=O) groups excluding carboxylic acids is 1. The average Bonchev–Trinajstić information content (AvgIpc) is 2.99. The maximum Gasteiger partial charge on any atom is 0.337 e. The predicted molar refractivity (Wildman–Crippen MR) is 80.9 cm³/mol. The van der Waals surface area contributed by atoms with Crippen molar-refractivity contribution in [1.29, 1.82) is 0 Å². The van der Waals surface area contributed by atoms with Crippen LogP contribution in [0.1, 0.15) is 31.7 Å². The quantitative estimate of drug-likeness (QED) is 0.781. The van der Waals surface area contributed by atoms with Crippen LogP contribution in [0.15, 0.2) is 30.3 Å². The van der Waals surface area contributed by atoms with Crippen LogP contribution in [0.5, 0.6) is 0 Å².